The number of non-ortho nitro benzene ring substituents is 1. The first-order chi connectivity index (χ1) is 12.4. The fourth-order valence-corrected chi connectivity index (χ4v) is 3.39. The van der Waals surface area contributed by atoms with Crippen LogP contribution in [0.1, 0.15) is 44.2 Å². The molecule has 138 valence electrons. The predicted octanol–water partition coefficient (Wildman–Crippen LogP) is 3.05. The number of ether oxygens (including phenoxy) is 1. The molecule has 26 heavy (non-hydrogen) atoms. The van der Waals surface area contributed by atoms with E-state index in [1.165, 1.54) is 23.1 Å². The average molecular weight is 359 g/mol. The first kappa shape index (κ1) is 17.9. The van der Waals surface area contributed by atoms with Gasteiger partial charge in [-0.05, 0) is 38.2 Å². The van der Waals surface area contributed by atoms with E-state index in [9.17, 15) is 19.7 Å². The number of esters is 1. The van der Waals surface area contributed by atoms with Crippen molar-refractivity contribution in [2.45, 2.75) is 44.8 Å². The third-order valence-corrected chi connectivity index (χ3v) is 4.96. The monoisotopic (exact) mass is 359 g/mol. The molecular weight excluding hydrogens is 338 g/mol. The van der Waals surface area contributed by atoms with E-state index in [2.05, 4.69) is 5.32 Å². The van der Waals surface area contributed by atoms with Crippen LogP contribution in [0.15, 0.2) is 35.5 Å². The number of allylic oxidation sites excluding steroid dienone is 1. The summed E-state index contributed by atoms with van der Waals surface area (Å²) in [5, 5.41) is 13.8. The van der Waals surface area contributed by atoms with Crippen LogP contribution in [0.4, 0.5) is 10.5 Å². The summed E-state index contributed by atoms with van der Waals surface area (Å²) in [4.78, 5) is 36.9. The molecule has 1 aliphatic carbocycles. The first-order valence-electron chi connectivity index (χ1n) is 8.59. The quantitative estimate of drug-likeness (QED) is 0.506. The van der Waals surface area contributed by atoms with E-state index >= 15 is 0 Å². The van der Waals surface area contributed by atoms with E-state index in [-0.39, 0.29) is 17.8 Å². The standard InChI is InChI=1S/C18H21N3O5/c1-11-15(17(22)26-14-8-3-4-9-14)16(19-18(23)20(11)2)12-6-5-7-13(10-12)21(24)25/h5-7,10,14,16H,3-4,8-9H2,1-2H3,(H,19,23)/t16-/m0/s1. The van der Waals surface area contributed by atoms with Crippen molar-refractivity contribution in [3.8, 4) is 0 Å². The highest BCUT2D eigenvalue weighted by Gasteiger charge is 2.36. The minimum atomic E-state index is -0.785. The maximum atomic E-state index is 12.8. The molecule has 1 aromatic carbocycles. The van der Waals surface area contributed by atoms with Gasteiger partial charge in [0.25, 0.3) is 5.69 Å². The number of urea groups is 1. The zero-order chi connectivity index (χ0) is 18.8. The van der Waals surface area contributed by atoms with Crippen LogP contribution < -0.4 is 5.32 Å². The van der Waals surface area contributed by atoms with Gasteiger partial charge in [-0.1, -0.05) is 12.1 Å². The number of benzene rings is 1. The molecule has 0 spiro atoms. The Balaban J connectivity index is 1.98. The average Bonchev–Trinajstić information content (AvgIpc) is 3.12. The van der Waals surface area contributed by atoms with E-state index < -0.39 is 16.9 Å². The van der Waals surface area contributed by atoms with E-state index in [4.69, 9.17) is 4.74 Å². The molecule has 1 saturated carbocycles. The Bertz CT molecular complexity index is 783. The van der Waals surface area contributed by atoms with Gasteiger partial charge in [-0.15, -0.1) is 0 Å². The van der Waals surface area contributed by atoms with Crippen LogP contribution in [0.5, 0.6) is 0 Å². The summed E-state index contributed by atoms with van der Waals surface area (Å²) >= 11 is 0. The van der Waals surface area contributed by atoms with Gasteiger partial charge < -0.3 is 15.0 Å². The summed E-state index contributed by atoms with van der Waals surface area (Å²) in [5.74, 6) is -0.488. The van der Waals surface area contributed by atoms with Crippen LogP contribution in [0.3, 0.4) is 0 Å². The van der Waals surface area contributed by atoms with Gasteiger partial charge in [0.2, 0.25) is 0 Å². The van der Waals surface area contributed by atoms with Gasteiger partial charge >= 0.3 is 12.0 Å². The third-order valence-electron chi connectivity index (χ3n) is 4.96. The van der Waals surface area contributed by atoms with Gasteiger partial charge in [0.05, 0.1) is 16.5 Å². The van der Waals surface area contributed by atoms with Crippen LogP contribution >= 0.6 is 0 Å². The highest BCUT2D eigenvalue weighted by Crippen LogP contribution is 2.33. The Morgan fingerprint density at radius 1 is 1.35 bits per heavy atom. The van der Waals surface area contributed by atoms with Crippen molar-refractivity contribution in [3.63, 3.8) is 0 Å². The number of hydrogen-bond donors (Lipinski definition) is 1. The molecular formula is C18H21N3O5. The molecule has 0 unspecified atom stereocenters. The van der Waals surface area contributed by atoms with Crippen LogP contribution in [-0.4, -0.2) is 35.0 Å². The number of nitro groups is 1. The molecule has 2 aliphatic rings. The van der Waals surface area contributed by atoms with Crippen LogP contribution in [0.2, 0.25) is 0 Å². The van der Waals surface area contributed by atoms with Gasteiger partial charge in [0, 0.05) is 24.9 Å². The molecule has 1 aromatic rings. The molecule has 0 bridgehead atoms. The number of nitro benzene ring substituents is 1. The lowest BCUT2D eigenvalue weighted by molar-refractivity contribution is -0.384. The van der Waals surface area contributed by atoms with Crippen LogP contribution in [-0.2, 0) is 9.53 Å². The number of rotatable bonds is 4. The molecule has 1 N–H and O–H groups in total. The molecule has 1 heterocycles. The van der Waals surface area contributed by atoms with Crippen molar-refractivity contribution in [1.29, 1.82) is 0 Å². The highest BCUT2D eigenvalue weighted by atomic mass is 16.6. The number of nitrogens with one attached hydrogen (secondary N) is 1. The number of nitrogens with zero attached hydrogens (tertiary/aromatic N) is 2. The largest absolute Gasteiger partial charge is 0.459 e. The Morgan fingerprint density at radius 2 is 2.04 bits per heavy atom. The van der Waals surface area contributed by atoms with Crippen molar-refractivity contribution in [3.05, 3.63) is 51.2 Å². The lowest BCUT2D eigenvalue weighted by Crippen LogP contribution is -2.46. The predicted molar refractivity (Wildman–Crippen MR) is 93.2 cm³/mol. The molecule has 2 amide bonds. The maximum absolute atomic E-state index is 12.8. The van der Waals surface area contributed by atoms with Gasteiger partial charge in [-0.3, -0.25) is 10.1 Å². The van der Waals surface area contributed by atoms with Crippen molar-refractivity contribution in [2.24, 2.45) is 0 Å². The van der Waals surface area contributed by atoms with Gasteiger partial charge in [0.15, 0.2) is 0 Å². The fraction of sp³-hybridized carbons (Fsp3) is 0.444. The van der Waals surface area contributed by atoms with Crippen molar-refractivity contribution >= 4 is 17.7 Å². The second kappa shape index (κ2) is 7.15. The van der Waals surface area contributed by atoms with E-state index in [0.29, 0.717) is 16.8 Å². The SMILES string of the molecule is CC1=C(C(=O)OC2CCCC2)[C@H](c2cccc([N+](=O)[O-])c2)NC(=O)N1C. The van der Waals surface area contributed by atoms with E-state index in [0.717, 1.165) is 25.7 Å². The Kier molecular flexibility index (Phi) is 4.92. The van der Waals surface area contributed by atoms with Gasteiger partial charge in [-0.2, -0.15) is 0 Å². The summed E-state index contributed by atoms with van der Waals surface area (Å²) in [6.07, 6.45) is 3.61. The molecule has 3 rings (SSSR count). The zero-order valence-electron chi connectivity index (χ0n) is 14.7. The van der Waals surface area contributed by atoms with Crippen LogP contribution in [0.25, 0.3) is 0 Å². The van der Waals surface area contributed by atoms with E-state index in [1.807, 2.05) is 0 Å². The van der Waals surface area contributed by atoms with Crippen LogP contribution in [0, 0.1) is 10.1 Å². The Hall–Kier alpha value is -2.90. The maximum Gasteiger partial charge on any atom is 0.338 e. The molecule has 1 fully saturated rings. The lowest BCUT2D eigenvalue weighted by atomic mass is 9.94. The minimum Gasteiger partial charge on any atom is -0.459 e. The van der Waals surface area contributed by atoms with Crippen molar-refractivity contribution in [2.75, 3.05) is 7.05 Å². The number of amides is 2. The second-order valence-electron chi connectivity index (χ2n) is 6.60. The zero-order valence-corrected chi connectivity index (χ0v) is 14.7. The molecule has 1 aliphatic heterocycles. The van der Waals surface area contributed by atoms with Crippen molar-refractivity contribution in [1.82, 2.24) is 10.2 Å². The number of hydrogen-bond acceptors (Lipinski definition) is 5. The molecule has 0 radical (unpaired) electrons. The smallest absolute Gasteiger partial charge is 0.338 e. The minimum absolute atomic E-state index is 0.100. The third kappa shape index (κ3) is 3.40. The molecule has 8 heteroatoms. The normalized spacial score (nSPS) is 20.9. The molecule has 8 nitrogen and oxygen atoms in total. The van der Waals surface area contributed by atoms with Gasteiger partial charge in [0.1, 0.15) is 6.10 Å². The summed E-state index contributed by atoms with van der Waals surface area (Å²) in [7, 11) is 1.57. The van der Waals surface area contributed by atoms with E-state index in [1.54, 1.807) is 20.0 Å². The molecule has 1 atom stereocenters. The van der Waals surface area contributed by atoms with Crippen molar-refractivity contribution < 1.29 is 19.2 Å². The molecule has 0 aromatic heterocycles. The number of carbonyl (C=O) groups excluding carboxylic acids is 2. The first-order valence-corrected chi connectivity index (χ1v) is 8.59. The second-order valence-corrected chi connectivity index (χ2v) is 6.60. The summed E-state index contributed by atoms with van der Waals surface area (Å²) in [5.41, 5.74) is 1.16. The fourth-order valence-electron chi connectivity index (χ4n) is 3.39. The highest BCUT2D eigenvalue weighted by molar-refractivity contribution is 5.95. The summed E-state index contributed by atoms with van der Waals surface area (Å²) in [6.45, 7) is 1.67. The summed E-state index contributed by atoms with van der Waals surface area (Å²) < 4.78 is 5.63. The molecule has 0 saturated heterocycles. The van der Waals surface area contributed by atoms with Gasteiger partial charge in [-0.25, -0.2) is 9.59 Å². The number of carbonyl (C=O) groups is 2. The summed E-state index contributed by atoms with van der Waals surface area (Å²) in [6, 6.07) is 4.76. The lowest BCUT2D eigenvalue weighted by Gasteiger charge is -2.33. The topological polar surface area (TPSA) is 102 Å². The Labute approximate surface area is 151 Å². The Morgan fingerprint density at radius 3 is 2.69 bits per heavy atom.